The largest absolute Gasteiger partial charge is 0.391 e. The molecule has 1 aliphatic rings. The zero-order chi connectivity index (χ0) is 15.4. The SMILES string of the molecule is Cc1ccc(C#CCO)c(C(=O)N2CCC(C)C(O)C2)c1. The van der Waals surface area contributed by atoms with Crippen molar-refractivity contribution < 1.29 is 15.0 Å². The van der Waals surface area contributed by atoms with Crippen LogP contribution in [0.2, 0.25) is 0 Å². The molecule has 1 aromatic rings. The van der Waals surface area contributed by atoms with Crippen LogP contribution in [0.4, 0.5) is 0 Å². The molecule has 0 spiro atoms. The number of amides is 1. The Morgan fingerprint density at radius 3 is 2.90 bits per heavy atom. The number of piperidine rings is 1. The Morgan fingerprint density at radius 1 is 1.48 bits per heavy atom. The van der Waals surface area contributed by atoms with E-state index in [0.29, 0.717) is 24.2 Å². The first kappa shape index (κ1) is 15.6. The first-order valence-electron chi connectivity index (χ1n) is 7.20. The molecule has 2 unspecified atom stereocenters. The Morgan fingerprint density at radius 2 is 2.24 bits per heavy atom. The van der Waals surface area contributed by atoms with Crippen LogP contribution in [0.25, 0.3) is 0 Å². The minimum Gasteiger partial charge on any atom is -0.391 e. The number of hydrogen-bond donors (Lipinski definition) is 2. The smallest absolute Gasteiger partial charge is 0.255 e. The van der Waals surface area contributed by atoms with Crippen molar-refractivity contribution >= 4 is 5.91 Å². The van der Waals surface area contributed by atoms with E-state index in [9.17, 15) is 9.90 Å². The second-order valence-electron chi connectivity index (χ2n) is 5.59. The molecule has 0 bridgehead atoms. The lowest BCUT2D eigenvalue weighted by molar-refractivity contribution is 0.0248. The fraction of sp³-hybridized carbons (Fsp3) is 0.471. The van der Waals surface area contributed by atoms with E-state index < -0.39 is 6.10 Å². The molecule has 1 saturated heterocycles. The summed E-state index contributed by atoms with van der Waals surface area (Å²) >= 11 is 0. The Bertz CT molecular complexity index is 585. The zero-order valence-corrected chi connectivity index (χ0v) is 12.5. The van der Waals surface area contributed by atoms with Crippen LogP contribution in [0.5, 0.6) is 0 Å². The standard InChI is InChI=1S/C17H21NO3/c1-12-5-6-14(4-3-9-19)15(10-12)17(21)18-8-7-13(2)16(20)11-18/h5-6,10,13,16,19-20H,7-9,11H2,1-2H3. The van der Waals surface area contributed by atoms with Gasteiger partial charge in [0, 0.05) is 18.7 Å². The molecule has 1 aromatic carbocycles. The zero-order valence-electron chi connectivity index (χ0n) is 12.5. The van der Waals surface area contributed by atoms with Crippen molar-refractivity contribution in [2.45, 2.75) is 26.4 Å². The van der Waals surface area contributed by atoms with Gasteiger partial charge in [-0.15, -0.1) is 0 Å². The van der Waals surface area contributed by atoms with E-state index in [1.807, 2.05) is 26.0 Å². The summed E-state index contributed by atoms with van der Waals surface area (Å²) in [6.45, 7) is 4.70. The summed E-state index contributed by atoms with van der Waals surface area (Å²) in [4.78, 5) is 14.4. The van der Waals surface area contributed by atoms with Crippen molar-refractivity contribution in [2.75, 3.05) is 19.7 Å². The second-order valence-corrected chi connectivity index (χ2v) is 5.59. The van der Waals surface area contributed by atoms with Crippen molar-refractivity contribution in [1.29, 1.82) is 0 Å². The van der Waals surface area contributed by atoms with Gasteiger partial charge in [-0.2, -0.15) is 0 Å². The van der Waals surface area contributed by atoms with Gasteiger partial charge in [0.25, 0.3) is 5.91 Å². The molecule has 2 atom stereocenters. The van der Waals surface area contributed by atoms with Crippen LogP contribution in [-0.4, -0.2) is 46.8 Å². The highest BCUT2D eigenvalue weighted by Gasteiger charge is 2.28. The number of carbonyl (C=O) groups excluding carboxylic acids is 1. The number of nitrogens with zero attached hydrogens (tertiary/aromatic N) is 1. The number of aliphatic hydroxyl groups is 2. The molecular formula is C17H21NO3. The van der Waals surface area contributed by atoms with Crippen LogP contribution in [0.1, 0.15) is 34.8 Å². The van der Waals surface area contributed by atoms with E-state index in [1.54, 1.807) is 11.0 Å². The van der Waals surface area contributed by atoms with Gasteiger partial charge in [-0.1, -0.05) is 30.4 Å². The predicted octanol–water partition coefficient (Wildman–Crippen LogP) is 1.18. The average Bonchev–Trinajstić information content (AvgIpc) is 2.48. The Balaban J connectivity index is 2.28. The summed E-state index contributed by atoms with van der Waals surface area (Å²) in [5, 5.41) is 18.8. The summed E-state index contributed by atoms with van der Waals surface area (Å²) in [5.74, 6) is 5.52. The van der Waals surface area contributed by atoms with Crippen LogP contribution >= 0.6 is 0 Å². The fourth-order valence-corrected chi connectivity index (χ4v) is 2.48. The minimum atomic E-state index is -0.473. The van der Waals surface area contributed by atoms with Gasteiger partial charge in [0.1, 0.15) is 6.61 Å². The number of carbonyl (C=O) groups is 1. The van der Waals surface area contributed by atoms with Gasteiger partial charge in [-0.05, 0) is 31.4 Å². The van der Waals surface area contributed by atoms with E-state index >= 15 is 0 Å². The number of rotatable bonds is 1. The lowest BCUT2D eigenvalue weighted by Crippen LogP contribution is -2.46. The van der Waals surface area contributed by atoms with E-state index in [2.05, 4.69) is 11.8 Å². The summed E-state index contributed by atoms with van der Waals surface area (Å²) < 4.78 is 0. The molecule has 2 N–H and O–H groups in total. The molecule has 1 amide bonds. The van der Waals surface area contributed by atoms with Crippen molar-refractivity contribution in [3.05, 3.63) is 34.9 Å². The van der Waals surface area contributed by atoms with Crippen LogP contribution in [0.3, 0.4) is 0 Å². The number of likely N-dealkylation sites (tertiary alicyclic amines) is 1. The van der Waals surface area contributed by atoms with Crippen molar-refractivity contribution in [3.63, 3.8) is 0 Å². The van der Waals surface area contributed by atoms with E-state index in [0.717, 1.165) is 12.0 Å². The summed E-state index contributed by atoms with van der Waals surface area (Å²) in [6, 6.07) is 5.51. The molecule has 1 heterocycles. The Hall–Kier alpha value is -1.83. The highest BCUT2D eigenvalue weighted by atomic mass is 16.3. The molecule has 1 aliphatic heterocycles. The summed E-state index contributed by atoms with van der Waals surface area (Å²) in [7, 11) is 0. The molecule has 0 radical (unpaired) electrons. The molecule has 0 aliphatic carbocycles. The van der Waals surface area contributed by atoms with Gasteiger partial charge < -0.3 is 15.1 Å². The first-order valence-corrected chi connectivity index (χ1v) is 7.20. The summed E-state index contributed by atoms with van der Waals surface area (Å²) in [6.07, 6.45) is 0.329. The lowest BCUT2D eigenvalue weighted by atomic mass is 9.95. The van der Waals surface area contributed by atoms with Gasteiger partial charge in [0.05, 0.1) is 11.7 Å². The molecule has 1 fully saturated rings. The maximum Gasteiger partial charge on any atom is 0.255 e. The molecule has 4 nitrogen and oxygen atoms in total. The minimum absolute atomic E-state index is 0.105. The van der Waals surface area contributed by atoms with E-state index in [1.165, 1.54) is 0 Å². The van der Waals surface area contributed by atoms with E-state index in [4.69, 9.17) is 5.11 Å². The number of β-amino-alcohol motifs (C(OH)–C–C–N with tert-alkyl or cyclic N) is 1. The van der Waals surface area contributed by atoms with Crippen molar-refractivity contribution in [1.82, 2.24) is 4.90 Å². The molecule has 2 rings (SSSR count). The molecule has 112 valence electrons. The number of hydrogen-bond acceptors (Lipinski definition) is 3. The first-order chi connectivity index (χ1) is 10.0. The Labute approximate surface area is 125 Å². The summed E-state index contributed by atoms with van der Waals surface area (Å²) in [5.41, 5.74) is 2.14. The third-order valence-electron chi connectivity index (χ3n) is 3.91. The van der Waals surface area contributed by atoms with Crippen LogP contribution in [0.15, 0.2) is 18.2 Å². The number of aryl methyl sites for hydroxylation is 1. The topological polar surface area (TPSA) is 60.8 Å². The lowest BCUT2D eigenvalue weighted by Gasteiger charge is -2.34. The van der Waals surface area contributed by atoms with Gasteiger partial charge >= 0.3 is 0 Å². The van der Waals surface area contributed by atoms with Gasteiger partial charge in [-0.25, -0.2) is 0 Å². The average molecular weight is 287 g/mol. The number of aliphatic hydroxyl groups excluding tert-OH is 2. The third-order valence-corrected chi connectivity index (χ3v) is 3.91. The maximum absolute atomic E-state index is 12.7. The molecular weight excluding hydrogens is 266 g/mol. The van der Waals surface area contributed by atoms with Crippen LogP contribution in [0, 0.1) is 24.7 Å². The van der Waals surface area contributed by atoms with Gasteiger partial charge in [-0.3, -0.25) is 4.79 Å². The van der Waals surface area contributed by atoms with Gasteiger partial charge in [0.2, 0.25) is 0 Å². The van der Waals surface area contributed by atoms with Gasteiger partial charge in [0.15, 0.2) is 0 Å². The maximum atomic E-state index is 12.7. The van der Waals surface area contributed by atoms with E-state index in [-0.39, 0.29) is 18.4 Å². The predicted molar refractivity (Wildman–Crippen MR) is 80.8 cm³/mol. The van der Waals surface area contributed by atoms with Crippen molar-refractivity contribution in [3.8, 4) is 11.8 Å². The normalized spacial score (nSPS) is 21.6. The monoisotopic (exact) mass is 287 g/mol. The third kappa shape index (κ3) is 3.63. The van der Waals surface area contributed by atoms with Crippen LogP contribution in [-0.2, 0) is 0 Å². The molecule has 0 saturated carbocycles. The fourth-order valence-electron chi connectivity index (χ4n) is 2.48. The van der Waals surface area contributed by atoms with Crippen molar-refractivity contribution in [2.24, 2.45) is 5.92 Å². The quantitative estimate of drug-likeness (QED) is 0.763. The Kier molecular flexibility index (Phi) is 5.00. The molecule has 0 aromatic heterocycles. The highest BCUT2D eigenvalue weighted by Crippen LogP contribution is 2.21. The molecule has 4 heteroatoms. The number of benzene rings is 1. The second kappa shape index (κ2) is 6.75. The molecule has 21 heavy (non-hydrogen) atoms. The highest BCUT2D eigenvalue weighted by molar-refractivity contribution is 5.97. The van der Waals surface area contributed by atoms with Crippen LogP contribution < -0.4 is 0 Å².